The third kappa shape index (κ3) is 4.07. The van der Waals surface area contributed by atoms with Crippen LogP contribution in [0, 0.1) is 0 Å². The van der Waals surface area contributed by atoms with Crippen LogP contribution in [-0.4, -0.2) is 40.6 Å². The molecular weight excluding hydrogens is 282 g/mol. The molecule has 0 atom stereocenters. The summed E-state index contributed by atoms with van der Waals surface area (Å²) in [5.41, 5.74) is 6.71. The molecule has 0 bridgehead atoms. The van der Waals surface area contributed by atoms with E-state index in [2.05, 4.69) is 4.98 Å². The smallest absolute Gasteiger partial charge is 0.410 e. The van der Waals surface area contributed by atoms with Crippen molar-refractivity contribution >= 4 is 17.6 Å². The number of nitrogens with two attached hydrogens (primary N) is 1. The summed E-state index contributed by atoms with van der Waals surface area (Å²) in [6.45, 7) is 6.55. The Morgan fingerprint density at radius 3 is 2.59 bits per heavy atom. The van der Waals surface area contributed by atoms with Gasteiger partial charge in [0.05, 0.1) is 5.69 Å². The standard InChI is InChI=1S/C16H21N3O3/c1-16(2,3)22-15(21)19-9-7-11(8-10-19)12-5-4-6-13(18-12)14(17)20/h4-7H,8-10H2,1-3H3,(H2,17,20). The summed E-state index contributed by atoms with van der Waals surface area (Å²) in [7, 11) is 0. The molecule has 2 rings (SSSR count). The van der Waals surface area contributed by atoms with E-state index in [9.17, 15) is 9.59 Å². The number of carbonyl (C=O) groups excluding carboxylic acids is 2. The van der Waals surface area contributed by atoms with Crippen LogP contribution in [-0.2, 0) is 4.74 Å². The van der Waals surface area contributed by atoms with E-state index in [1.54, 1.807) is 17.0 Å². The Morgan fingerprint density at radius 2 is 2.05 bits per heavy atom. The van der Waals surface area contributed by atoms with Gasteiger partial charge in [0.25, 0.3) is 5.91 Å². The molecule has 1 aromatic rings. The van der Waals surface area contributed by atoms with Crippen LogP contribution in [0.1, 0.15) is 43.4 Å². The van der Waals surface area contributed by atoms with E-state index >= 15 is 0 Å². The summed E-state index contributed by atoms with van der Waals surface area (Å²) < 4.78 is 5.35. The molecule has 6 nitrogen and oxygen atoms in total. The second kappa shape index (κ2) is 6.17. The Labute approximate surface area is 130 Å². The van der Waals surface area contributed by atoms with Crippen molar-refractivity contribution in [2.24, 2.45) is 5.73 Å². The van der Waals surface area contributed by atoms with Gasteiger partial charge < -0.3 is 15.4 Å². The molecular formula is C16H21N3O3. The van der Waals surface area contributed by atoms with Gasteiger partial charge in [-0.1, -0.05) is 12.1 Å². The average molecular weight is 303 g/mol. The van der Waals surface area contributed by atoms with Gasteiger partial charge in [-0.15, -0.1) is 0 Å². The van der Waals surface area contributed by atoms with Gasteiger partial charge in [0, 0.05) is 13.1 Å². The number of carbonyl (C=O) groups is 2. The highest BCUT2D eigenvalue weighted by Gasteiger charge is 2.24. The Kier molecular flexibility index (Phi) is 4.49. The van der Waals surface area contributed by atoms with Crippen LogP contribution in [0.5, 0.6) is 0 Å². The lowest BCUT2D eigenvalue weighted by Crippen LogP contribution is -2.39. The minimum Gasteiger partial charge on any atom is -0.444 e. The van der Waals surface area contributed by atoms with Gasteiger partial charge in [-0.05, 0) is 44.9 Å². The first-order valence-electron chi connectivity index (χ1n) is 7.20. The summed E-state index contributed by atoms with van der Waals surface area (Å²) in [6.07, 6.45) is 2.27. The summed E-state index contributed by atoms with van der Waals surface area (Å²) in [4.78, 5) is 29.1. The Balaban J connectivity index is 2.07. The molecule has 0 unspecified atom stereocenters. The SMILES string of the molecule is CC(C)(C)OC(=O)N1CC=C(c2cccc(C(N)=O)n2)CC1. The summed E-state index contributed by atoms with van der Waals surface area (Å²) in [5.74, 6) is -0.548. The predicted molar refractivity (Wildman–Crippen MR) is 83.2 cm³/mol. The van der Waals surface area contributed by atoms with E-state index in [1.807, 2.05) is 32.9 Å². The zero-order chi connectivity index (χ0) is 16.3. The van der Waals surface area contributed by atoms with Gasteiger partial charge >= 0.3 is 6.09 Å². The summed E-state index contributed by atoms with van der Waals surface area (Å²) in [6, 6.07) is 5.17. The Morgan fingerprint density at radius 1 is 1.32 bits per heavy atom. The van der Waals surface area contributed by atoms with E-state index in [0.717, 1.165) is 11.3 Å². The first-order chi connectivity index (χ1) is 10.3. The molecule has 22 heavy (non-hydrogen) atoms. The number of hydrogen-bond donors (Lipinski definition) is 1. The first kappa shape index (κ1) is 16.0. The highest BCUT2D eigenvalue weighted by molar-refractivity contribution is 5.91. The van der Waals surface area contributed by atoms with Crippen molar-refractivity contribution in [3.63, 3.8) is 0 Å². The lowest BCUT2D eigenvalue weighted by Gasteiger charge is -2.29. The fourth-order valence-electron chi connectivity index (χ4n) is 2.14. The van der Waals surface area contributed by atoms with Crippen LogP contribution in [0.2, 0.25) is 0 Å². The minimum atomic E-state index is -0.548. The van der Waals surface area contributed by atoms with Crippen LogP contribution in [0.4, 0.5) is 4.79 Å². The monoisotopic (exact) mass is 303 g/mol. The number of nitrogens with zero attached hydrogens (tertiary/aromatic N) is 2. The van der Waals surface area contributed by atoms with Gasteiger partial charge in [-0.2, -0.15) is 0 Å². The van der Waals surface area contributed by atoms with Crippen LogP contribution in [0.15, 0.2) is 24.3 Å². The molecule has 6 heteroatoms. The number of primary amides is 1. The van der Waals surface area contributed by atoms with Crippen molar-refractivity contribution in [2.45, 2.75) is 32.8 Å². The summed E-state index contributed by atoms with van der Waals surface area (Å²) >= 11 is 0. The van der Waals surface area contributed by atoms with Crippen LogP contribution in [0.25, 0.3) is 5.57 Å². The average Bonchev–Trinajstić information content (AvgIpc) is 2.46. The fourth-order valence-corrected chi connectivity index (χ4v) is 2.14. The van der Waals surface area contributed by atoms with Gasteiger partial charge in [-0.25, -0.2) is 9.78 Å². The zero-order valence-electron chi connectivity index (χ0n) is 13.1. The van der Waals surface area contributed by atoms with E-state index in [0.29, 0.717) is 19.5 Å². The third-order valence-corrected chi connectivity index (χ3v) is 3.19. The molecule has 0 spiro atoms. The van der Waals surface area contributed by atoms with E-state index in [4.69, 9.17) is 10.5 Å². The molecule has 0 saturated carbocycles. The molecule has 2 amide bonds. The number of ether oxygens (including phenoxy) is 1. The molecule has 1 aliphatic rings. The van der Waals surface area contributed by atoms with Crippen molar-refractivity contribution in [3.8, 4) is 0 Å². The van der Waals surface area contributed by atoms with Crippen LogP contribution >= 0.6 is 0 Å². The van der Waals surface area contributed by atoms with Crippen molar-refractivity contribution in [3.05, 3.63) is 35.7 Å². The van der Waals surface area contributed by atoms with Crippen molar-refractivity contribution in [1.29, 1.82) is 0 Å². The van der Waals surface area contributed by atoms with Gasteiger partial charge in [0.1, 0.15) is 11.3 Å². The van der Waals surface area contributed by atoms with E-state index in [-0.39, 0.29) is 11.8 Å². The van der Waals surface area contributed by atoms with Crippen LogP contribution in [0.3, 0.4) is 0 Å². The molecule has 0 radical (unpaired) electrons. The Hall–Kier alpha value is -2.37. The van der Waals surface area contributed by atoms with Crippen molar-refractivity contribution in [1.82, 2.24) is 9.88 Å². The predicted octanol–water partition coefficient (Wildman–Crippen LogP) is 2.20. The maximum Gasteiger partial charge on any atom is 0.410 e. The quantitative estimate of drug-likeness (QED) is 0.907. The minimum absolute atomic E-state index is 0.243. The van der Waals surface area contributed by atoms with Gasteiger partial charge in [0.2, 0.25) is 0 Å². The number of aromatic nitrogens is 1. The lowest BCUT2D eigenvalue weighted by atomic mass is 10.0. The topological polar surface area (TPSA) is 85.5 Å². The van der Waals surface area contributed by atoms with Gasteiger partial charge in [0.15, 0.2) is 0 Å². The molecule has 0 aliphatic carbocycles. The molecule has 2 N–H and O–H groups in total. The van der Waals surface area contributed by atoms with Crippen molar-refractivity contribution in [2.75, 3.05) is 13.1 Å². The number of hydrogen-bond acceptors (Lipinski definition) is 4. The highest BCUT2D eigenvalue weighted by Crippen LogP contribution is 2.22. The molecule has 2 heterocycles. The number of amides is 2. The Bertz CT molecular complexity index is 617. The molecule has 0 aromatic carbocycles. The highest BCUT2D eigenvalue weighted by atomic mass is 16.6. The lowest BCUT2D eigenvalue weighted by molar-refractivity contribution is 0.0270. The number of rotatable bonds is 2. The maximum atomic E-state index is 12.0. The molecule has 0 fully saturated rings. The second-order valence-corrected chi connectivity index (χ2v) is 6.18. The maximum absolute atomic E-state index is 12.0. The largest absolute Gasteiger partial charge is 0.444 e. The fraction of sp³-hybridized carbons (Fsp3) is 0.438. The van der Waals surface area contributed by atoms with Gasteiger partial charge in [-0.3, -0.25) is 4.79 Å². The molecule has 0 saturated heterocycles. The summed E-state index contributed by atoms with van der Waals surface area (Å²) in [5, 5.41) is 0. The number of pyridine rings is 1. The van der Waals surface area contributed by atoms with E-state index in [1.165, 1.54) is 0 Å². The van der Waals surface area contributed by atoms with Crippen LogP contribution < -0.4 is 5.73 Å². The zero-order valence-corrected chi connectivity index (χ0v) is 13.1. The third-order valence-electron chi connectivity index (χ3n) is 3.19. The normalized spacial score (nSPS) is 15.2. The van der Waals surface area contributed by atoms with Crippen molar-refractivity contribution < 1.29 is 14.3 Å². The molecule has 1 aliphatic heterocycles. The second-order valence-electron chi connectivity index (χ2n) is 6.18. The first-order valence-corrected chi connectivity index (χ1v) is 7.20. The molecule has 1 aromatic heterocycles. The van der Waals surface area contributed by atoms with E-state index < -0.39 is 11.5 Å². The molecule has 118 valence electrons.